The number of hydrogen-bond donors (Lipinski definition) is 1. The molecule has 1 unspecified atom stereocenters. The molecule has 0 saturated heterocycles. The van der Waals surface area contributed by atoms with E-state index in [0.717, 1.165) is 12.5 Å². The molecular formula is C15H26N2S. The van der Waals surface area contributed by atoms with Crippen LogP contribution in [-0.4, -0.2) is 11.5 Å². The molecule has 102 valence electrons. The van der Waals surface area contributed by atoms with Gasteiger partial charge >= 0.3 is 0 Å². The van der Waals surface area contributed by atoms with Crippen molar-refractivity contribution in [1.29, 1.82) is 0 Å². The van der Waals surface area contributed by atoms with E-state index in [9.17, 15) is 0 Å². The van der Waals surface area contributed by atoms with Gasteiger partial charge in [0.1, 0.15) is 5.01 Å². The summed E-state index contributed by atoms with van der Waals surface area (Å²) in [7, 11) is 0. The lowest BCUT2D eigenvalue weighted by molar-refractivity contribution is 0.179. The van der Waals surface area contributed by atoms with Crippen LogP contribution in [0.3, 0.4) is 0 Å². The molecule has 1 aliphatic carbocycles. The SMILES string of the molecule is CCNC(C)(c1nc(C)c(C)s1)C1CCCCC1. The summed E-state index contributed by atoms with van der Waals surface area (Å²) in [5.41, 5.74) is 1.29. The average Bonchev–Trinajstić information content (AvgIpc) is 2.71. The van der Waals surface area contributed by atoms with Gasteiger partial charge in [-0.2, -0.15) is 0 Å². The topological polar surface area (TPSA) is 24.9 Å². The molecule has 18 heavy (non-hydrogen) atoms. The van der Waals surface area contributed by atoms with Crippen LogP contribution in [0.1, 0.15) is 61.5 Å². The van der Waals surface area contributed by atoms with Crippen molar-refractivity contribution in [1.82, 2.24) is 10.3 Å². The maximum absolute atomic E-state index is 4.83. The molecule has 2 nitrogen and oxygen atoms in total. The molecule has 1 N–H and O–H groups in total. The Bertz CT molecular complexity index is 374. The summed E-state index contributed by atoms with van der Waals surface area (Å²) in [6.45, 7) is 9.90. The van der Waals surface area contributed by atoms with Crippen molar-refractivity contribution in [2.75, 3.05) is 6.54 Å². The molecule has 0 bridgehead atoms. The van der Waals surface area contributed by atoms with Crippen LogP contribution in [0.5, 0.6) is 0 Å². The van der Waals surface area contributed by atoms with Gasteiger partial charge in [0.15, 0.2) is 0 Å². The number of hydrogen-bond acceptors (Lipinski definition) is 3. The van der Waals surface area contributed by atoms with Crippen LogP contribution in [0, 0.1) is 19.8 Å². The number of thiazole rings is 1. The smallest absolute Gasteiger partial charge is 0.113 e. The molecule has 1 aromatic rings. The van der Waals surface area contributed by atoms with Crippen LogP contribution in [0.25, 0.3) is 0 Å². The lowest BCUT2D eigenvalue weighted by Crippen LogP contribution is -2.46. The van der Waals surface area contributed by atoms with E-state index >= 15 is 0 Å². The Balaban J connectivity index is 2.29. The highest BCUT2D eigenvalue weighted by molar-refractivity contribution is 7.11. The molecule has 2 rings (SSSR count). The summed E-state index contributed by atoms with van der Waals surface area (Å²) in [6.07, 6.45) is 6.88. The monoisotopic (exact) mass is 266 g/mol. The quantitative estimate of drug-likeness (QED) is 0.885. The first-order chi connectivity index (χ1) is 8.58. The van der Waals surface area contributed by atoms with Gasteiger partial charge in [0.25, 0.3) is 0 Å². The average molecular weight is 266 g/mol. The van der Waals surface area contributed by atoms with Crippen LogP contribution in [0.15, 0.2) is 0 Å². The van der Waals surface area contributed by atoms with E-state index in [-0.39, 0.29) is 5.54 Å². The van der Waals surface area contributed by atoms with Crippen LogP contribution < -0.4 is 5.32 Å². The van der Waals surface area contributed by atoms with E-state index in [1.54, 1.807) is 0 Å². The van der Waals surface area contributed by atoms with Crippen molar-refractivity contribution in [3.05, 3.63) is 15.6 Å². The zero-order valence-corrected chi connectivity index (χ0v) is 13.0. The fraction of sp³-hybridized carbons (Fsp3) is 0.800. The van der Waals surface area contributed by atoms with Gasteiger partial charge in [-0.15, -0.1) is 11.3 Å². The fourth-order valence-corrected chi connectivity index (χ4v) is 4.25. The van der Waals surface area contributed by atoms with E-state index in [2.05, 4.69) is 33.0 Å². The molecule has 0 amide bonds. The lowest BCUT2D eigenvalue weighted by atomic mass is 9.76. The number of rotatable bonds is 4. The lowest BCUT2D eigenvalue weighted by Gasteiger charge is -2.39. The van der Waals surface area contributed by atoms with E-state index in [4.69, 9.17) is 4.98 Å². The molecule has 1 heterocycles. The maximum atomic E-state index is 4.83. The van der Waals surface area contributed by atoms with Gasteiger partial charge in [0.2, 0.25) is 0 Å². The Morgan fingerprint density at radius 2 is 1.94 bits per heavy atom. The summed E-state index contributed by atoms with van der Waals surface area (Å²) in [5.74, 6) is 0.746. The minimum absolute atomic E-state index is 0.0822. The van der Waals surface area contributed by atoms with E-state index in [1.807, 2.05) is 11.3 Å². The standard InChI is InChI=1S/C15H26N2S/c1-5-16-15(4,13-9-7-6-8-10-13)14-17-11(2)12(3)18-14/h13,16H,5-10H2,1-4H3. The Morgan fingerprint density at radius 3 is 2.44 bits per heavy atom. The summed E-state index contributed by atoms with van der Waals surface area (Å²) in [5, 5.41) is 5.03. The van der Waals surface area contributed by atoms with Gasteiger partial charge in [-0.3, -0.25) is 0 Å². The van der Waals surface area contributed by atoms with Gasteiger partial charge in [-0.05, 0) is 46.1 Å². The van der Waals surface area contributed by atoms with E-state index in [0.29, 0.717) is 0 Å². The number of nitrogens with zero attached hydrogens (tertiary/aromatic N) is 1. The van der Waals surface area contributed by atoms with Crippen molar-refractivity contribution in [2.45, 2.75) is 65.3 Å². The van der Waals surface area contributed by atoms with Gasteiger partial charge < -0.3 is 5.32 Å². The zero-order chi connectivity index (χ0) is 13.2. The molecule has 0 spiro atoms. The van der Waals surface area contributed by atoms with Gasteiger partial charge in [-0.25, -0.2) is 4.98 Å². The summed E-state index contributed by atoms with van der Waals surface area (Å²) in [6, 6.07) is 0. The highest BCUT2D eigenvalue weighted by atomic mass is 32.1. The van der Waals surface area contributed by atoms with Crippen molar-refractivity contribution in [2.24, 2.45) is 5.92 Å². The molecule has 3 heteroatoms. The Morgan fingerprint density at radius 1 is 1.28 bits per heavy atom. The van der Waals surface area contributed by atoms with E-state index in [1.165, 1.54) is 47.7 Å². The minimum atomic E-state index is 0.0822. The molecule has 0 radical (unpaired) electrons. The predicted molar refractivity (Wildman–Crippen MR) is 79.2 cm³/mol. The second-order valence-corrected chi connectivity index (χ2v) is 6.93. The van der Waals surface area contributed by atoms with Crippen LogP contribution in [0.2, 0.25) is 0 Å². The Kier molecular flexibility index (Phi) is 4.44. The van der Waals surface area contributed by atoms with Crippen molar-refractivity contribution >= 4 is 11.3 Å². The molecule has 1 aliphatic rings. The molecule has 0 aliphatic heterocycles. The largest absolute Gasteiger partial charge is 0.306 e. The van der Waals surface area contributed by atoms with E-state index < -0.39 is 0 Å². The summed E-state index contributed by atoms with van der Waals surface area (Å²) in [4.78, 5) is 6.20. The Hall–Kier alpha value is -0.410. The number of nitrogens with one attached hydrogen (secondary N) is 1. The molecule has 1 fully saturated rings. The molecule has 1 atom stereocenters. The maximum Gasteiger partial charge on any atom is 0.113 e. The zero-order valence-electron chi connectivity index (χ0n) is 12.2. The summed E-state index contributed by atoms with van der Waals surface area (Å²) >= 11 is 1.88. The predicted octanol–water partition coefficient (Wildman–Crippen LogP) is 4.16. The minimum Gasteiger partial charge on any atom is -0.306 e. The normalized spacial score (nSPS) is 20.9. The molecule has 1 aromatic heterocycles. The second kappa shape index (κ2) is 5.70. The number of aromatic nitrogens is 1. The second-order valence-electron chi connectivity index (χ2n) is 5.73. The highest BCUT2D eigenvalue weighted by Gasteiger charge is 2.38. The molecule has 1 saturated carbocycles. The van der Waals surface area contributed by atoms with Gasteiger partial charge in [0, 0.05) is 4.88 Å². The van der Waals surface area contributed by atoms with Crippen LogP contribution >= 0.6 is 11.3 Å². The Labute approximate surface area is 115 Å². The highest BCUT2D eigenvalue weighted by Crippen LogP contribution is 2.41. The van der Waals surface area contributed by atoms with Crippen LogP contribution in [-0.2, 0) is 5.54 Å². The first kappa shape index (κ1) is 14.0. The summed E-state index contributed by atoms with van der Waals surface area (Å²) < 4.78 is 0. The number of aryl methyl sites for hydroxylation is 2. The third kappa shape index (κ3) is 2.62. The third-order valence-electron chi connectivity index (χ3n) is 4.44. The molecule has 0 aromatic carbocycles. The first-order valence-corrected chi connectivity index (χ1v) is 8.09. The van der Waals surface area contributed by atoms with Gasteiger partial charge in [0.05, 0.1) is 11.2 Å². The first-order valence-electron chi connectivity index (χ1n) is 7.27. The fourth-order valence-electron chi connectivity index (χ4n) is 3.14. The van der Waals surface area contributed by atoms with Crippen molar-refractivity contribution in [3.63, 3.8) is 0 Å². The van der Waals surface area contributed by atoms with Gasteiger partial charge in [-0.1, -0.05) is 26.2 Å². The third-order valence-corrected chi connectivity index (χ3v) is 5.75. The van der Waals surface area contributed by atoms with Crippen molar-refractivity contribution < 1.29 is 0 Å². The molecular weight excluding hydrogens is 240 g/mol. The van der Waals surface area contributed by atoms with Crippen LogP contribution in [0.4, 0.5) is 0 Å². The van der Waals surface area contributed by atoms with Crippen molar-refractivity contribution in [3.8, 4) is 0 Å².